The highest BCUT2D eigenvalue weighted by atomic mass is 16.2. The molecule has 0 heterocycles. The summed E-state index contributed by atoms with van der Waals surface area (Å²) in [5.41, 5.74) is 8.63. The van der Waals surface area contributed by atoms with Crippen molar-refractivity contribution < 1.29 is 9.90 Å². The number of hydrogen-bond acceptors (Lipinski definition) is 3. The van der Waals surface area contributed by atoms with E-state index in [1.165, 1.54) is 42.4 Å². The Labute approximate surface area is 261 Å². The number of hydrogen-bond donors (Lipinski definition) is 2. The smallest absolute Gasteiger partial charge is 0.154 e. The lowest BCUT2D eigenvalue weighted by molar-refractivity contribution is -0.112. The van der Waals surface area contributed by atoms with E-state index < -0.39 is 0 Å². The van der Waals surface area contributed by atoms with Crippen LogP contribution in [0.1, 0.15) is 84.3 Å². The zero-order valence-electron chi connectivity index (χ0n) is 27.5. The molecule has 3 nitrogen and oxygen atoms in total. The molecule has 3 rings (SSSR count). The van der Waals surface area contributed by atoms with Crippen molar-refractivity contribution in [1.29, 1.82) is 0 Å². The van der Waals surface area contributed by atoms with E-state index in [1.807, 2.05) is 44.2 Å². The number of aliphatic hydroxyl groups excluding tert-OH is 1. The predicted octanol–water partition coefficient (Wildman–Crippen LogP) is 10.9. The maximum Gasteiger partial charge on any atom is 0.154 e. The lowest BCUT2D eigenvalue weighted by Gasteiger charge is -2.16. The van der Waals surface area contributed by atoms with Crippen LogP contribution in [0, 0.1) is 0 Å². The first-order chi connectivity index (χ1) is 20.8. The van der Waals surface area contributed by atoms with Crippen LogP contribution in [0.5, 0.6) is 0 Å². The van der Waals surface area contributed by atoms with E-state index in [1.54, 1.807) is 13.0 Å². The van der Waals surface area contributed by atoms with E-state index in [0.29, 0.717) is 0 Å². The standard InChI is InChI=1S/C26H29NO.C13H20.CH4O/c1-6-8-15-25(19(3)4)26(16-20(5)28)27-24-14-10-13-23(18-24)22-12-9-11-21(7-2)17-22;1-3-8-12(9-4-2)13-10-6-5-7-11-13;1-2/h6,8-18,27H,3,7H2,1-2,4-5H3;5-7,10-12H,3-4,8-9H2,1-2H3;2H,1H3/b8-6-,25-15+,26-16+;;. The van der Waals surface area contributed by atoms with Gasteiger partial charge in [-0.1, -0.05) is 125 Å². The molecule has 3 aromatic rings. The van der Waals surface area contributed by atoms with Crippen LogP contribution in [0.4, 0.5) is 5.69 Å². The summed E-state index contributed by atoms with van der Waals surface area (Å²) in [7, 11) is 1.00. The minimum absolute atomic E-state index is 0.0121. The van der Waals surface area contributed by atoms with Crippen LogP contribution < -0.4 is 5.32 Å². The number of allylic oxidation sites excluding steroid dienone is 5. The molecule has 0 fully saturated rings. The molecule has 0 saturated heterocycles. The van der Waals surface area contributed by atoms with Crippen molar-refractivity contribution >= 4 is 11.5 Å². The summed E-state index contributed by atoms with van der Waals surface area (Å²) in [5, 5.41) is 10.4. The van der Waals surface area contributed by atoms with Gasteiger partial charge in [0, 0.05) is 30.1 Å². The van der Waals surface area contributed by atoms with Gasteiger partial charge in [0.15, 0.2) is 5.78 Å². The van der Waals surface area contributed by atoms with Crippen LogP contribution in [-0.4, -0.2) is 18.0 Å². The Morgan fingerprint density at radius 1 is 0.860 bits per heavy atom. The van der Waals surface area contributed by atoms with Crippen molar-refractivity contribution in [1.82, 2.24) is 0 Å². The summed E-state index contributed by atoms with van der Waals surface area (Å²) < 4.78 is 0. The van der Waals surface area contributed by atoms with Crippen LogP contribution in [0.15, 0.2) is 127 Å². The maximum absolute atomic E-state index is 11.8. The molecule has 2 N–H and O–H groups in total. The highest BCUT2D eigenvalue weighted by Crippen LogP contribution is 2.27. The Kier molecular flexibility index (Phi) is 18.7. The molecule has 0 aromatic heterocycles. The molecule has 0 spiro atoms. The number of carbonyl (C=O) groups is 1. The van der Waals surface area contributed by atoms with E-state index in [0.717, 1.165) is 47.5 Å². The molecule has 3 heteroatoms. The Balaban J connectivity index is 0.000000514. The average molecular weight is 580 g/mol. The number of aryl methyl sites for hydroxylation is 1. The quantitative estimate of drug-likeness (QED) is 0.156. The SMILES string of the molecule is C=C(C)C(=C\C=C/C)/C(=C\C(C)=O)Nc1cccc(-c2cccc(CC)c2)c1.CCCC(CCC)c1ccccc1.CO. The number of anilines is 1. The van der Waals surface area contributed by atoms with Gasteiger partial charge < -0.3 is 10.4 Å². The fraction of sp³-hybridized carbons (Fsp3) is 0.325. The molecule has 0 amide bonds. The summed E-state index contributed by atoms with van der Waals surface area (Å²) in [6, 6.07) is 27.7. The normalized spacial score (nSPS) is 11.4. The van der Waals surface area contributed by atoms with E-state index in [2.05, 4.69) is 99.4 Å². The van der Waals surface area contributed by atoms with Gasteiger partial charge in [-0.2, -0.15) is 0 Å². The molecule has 0 aliphatic heterocycles. The molecule has 0 aliphatic carbocycles. The van der Waals surface area contributed by atoms with Crippen molar-refractivity contribution in [2.75, 3.05) is 12.4 Å². The van der Waals surface area contributed by atoms with Gasteiger partial charge in [0.05, 0.1) is 0 Å². The summed E-state index contributed by atoms with van der Waals surface area (Å²) in [6.07, 6.45) is 13.7. The molecular formula is C40H53NO2. The van der Waals surface area contributed by atoms with Gasteiger partial charge in [-0.25, -0.2) is 0 Å². The van der Waals surface area contributed by atoms with Crippen LogP contribution in [0.25, 0.3) is 11.1 Å². The molecule has 0 bridgehead atoms. The third-order valence-corrected chi connectivity index (χ3v) is 6.91. The average Bonchev–Trinajstić information content (AvgIpc) is 3.02. The first-order valence-corrected chi connectivity index (χ1v) is 15.5. The highest BCUT2D eigenvalue weighted by Gasteiger charge is 2.10. The first-order valence-electron chi connectivity index (χ1n) is 15.5. The molecule has 0 unspecified atom stereocenters. The van der Waals surface area contributed by atoms with Gasteiger partial charge in [0.1, 0.15) is 0 Å². The number of ketones is 1. The Morgan fingerprint density at radius 2 is 1.47 bits per heavy atom. The topological polar surface area (TPSA) is 49.3 Å². The van der Waals surface area contributed by atoms with E-state index in [4.69, 9.17) is 5.11 Å². The van der Waals surface area contributed by atoms with E-state index in [-0.39, 0.29) is 5.78 Å². The number of benzene rings is 3. The van der Waals surface area contributed by atoms with Crippen molar-refractivity contribution in [2.24, 2.45) is 0 Å². The second-order valence-electron chi connectivity index (χ2n) is 10.5. The summed E-state index contributed by atoms with van der Waals surface area (Å²) in [6.45, 7) is 16.2. The monoisotopic (exact) mass is 579 g/mol. The molecular weight excluding hydrogens is 526 g/mol. The largest absolute Gasteiger partial charge is 0.400 e. The lowest BCUT2D eigenvalue weighted by Crippen LogP contribution is -2.06. The number of carbonyl (C=O) groups excluding carboxylic acids is 1. The first kappa shape index (κ1) is 37.1. The van der Waals surface area contributed by atoms with Gasteiger partial charge in [0.25, 0.3) is 0 Å². The van der Waals surface area contributed by atoms with Crippen LogP contribution in [-0.2, 0) is 11.2 Å². The Hall–Kier alpha value is -3.95. The highest BCUT2D eigenvalue weighted by molar-refractivity contribution is 5.90. The van der Waals surface area contributed by atoms with Gasteiger partial charge >= 0.3 is 0 Å². The molecule has 3 aromatic carbocycles. The van der Waals surface area contributed by atoms with E-state index in [9.17, 15) is 4.79 Å². The fourth-order valence-corrected chi connectivity index (χ4v) is 4.84. The predicted molar refractivity (Wildman–Crippen MR) is 188 cm³/mol. The number of rotatable bonds is 13. The van der Waals surface area contributed by atoms with Gasteiger partial charge in [-0.05, 0) is 85.9 Å². The lowest BCUT2D eigenvalue weighted by atomic mass is 9.91. The van der Waals surface area contributed by atoms with Crippen LogP contribution >= 0.6 is 0 Å². The third-order valence-electron chi connectivity index (χ3n) is 6.91. The number of aliphatic hydroxyl groups is 1. The molecule has 230 valence electrons. The molecule has 43 heavy (non-hydrogen) atoms. The van der Waals surface area contributed by atoms with Crippen molar-refractivity contribution in [3.63, 3.8) is 0 Å². The number of nitrogens with one attached hydrogen (secondary N) is 1. The van der Waals surface area contributed by atoms with E-state index >= 15 is 0 Å². The minimum atomic E-state index is -0.0121. The second-order valence-corrected chi connectivity index (χ2v) is 10.5. The third kappa shape index (κ3) is 13.7. The minimum Gasteiger partial charge on any atom is -0.400 e. The van der Waals surface area contributed by atoms with Crippen molar-refractivity contribution in [3.8, 4) is 11.1 Å². The molecule has 0 saturated carbocycles. The summed E-state index contributed by atoms with van der Waals surface area (Å²) >= 11 is 0. The van der Waals surface area contributed by atoms with Crippen LogP contribution in [0.2, 0.25) is 0 Å². The summed E-state index contributed by atoms with van der Waals surface area (Å²) in [5.74, 6) is 0.776. The van der Waals surface area contributed by atoms with Crippen LogP contribution in [0.3, 0.4) is 0 Å². The molecule has 0 aliphatic rings. The fourth-order valence-electron chi connectivity index (χ4n) is 4.84. The molecule has 0 atom stereocenters. The van der Waals surface area contributed by atoms with Gasteiger partial charge in [-0.15, -0.1) is 0 Å². The summed E-state index contributed by atoms with van der Waals surface area (Å²) in [4.78, 5) is 11.8. The zero-order chi connectivity index (χ0) is 32.0. The second kappa shape index (κ2) is 21.7. The molecule has 0 radical (unpaired) electrons. The Morgan fingerprint density at radius 3 is 2.00 bits per heavy atom. The maximum atomic E-state index is 11.8. The van der Waals surface area contributed by atoms with Gasteiger partial charge in [0.2, 0.25) is 0 Å². The zero-order valence-corrected chi connectivity index (χ0v) is 27.5. The Bertz CT molecular complexity index is 1330. The van der Waals surface area contributed by atoms with Crippen molar-refractivity contribution in [2.45, 2.75) is 79.6 Å². The van der Waals surface area contributed by atoms with Gasteiger partial charge in [-0.3, -0.25) is 4.79 Å². The van der Waals surface area contributed by atoms with Crippen molar-refractivity contribution in [3.05, 3.63) is 138 Å².